The number of imidazole rings is 1. The number of nitriles is 1. The number of nitrogens with zero attached hydrogens (tertiary/aromatic N) is 4. The molecule has 1 aromatic heterocycles. The Hall–Kier alpha value is -4.62. The number of amides is 1. The Kier molecular flexibility index (Phi) is 7.56. The Bertz CT molecular complexity index is 1690. The molecule has 2 atom stereocenters. The van der Waals surface area contributed by atoms with Crippen molar-refractivity contribution in [2.75, 3.05) is 13.2 Å². The van der Waals surface area contributed by atoms with Crippen LogP contribution in [0.3, 0.4) is 0 Å². The van der Waals surface area contributed by atoms with Gasteiger partial charge in [0.2, 0.25) is 5.78 Å². The van der Waals surface area contributed by atoms with Gasteiger partial charge >= 0.3 is 0 Å². The number of hydrogen-bond acceptors (Lipinski definition) is 6. The minimum Gasteiger partial charge on any atom is -0.375 e. The zero-order chi connectivity index (χ0) is 29.3. The summed E-state index contributed by atoms with van der Waals surface area (Å²) in [4.78, 5) is 32.5. The monoisotopic (exact) mass is 570 g/mol. The first-order valence-electron chi connectivity index (χ1n) is 12.6. The van der Waals surface area contributed by atoms with Crippen LogP contribution in [0.5, 0.6) is 0 Å². The van der Waals surface area contributed by atoms with Gasteiger partial charge in [0.15, 0.2) is 5.72 Å². The number of aromatic nitrogens is 2. The van der Waals surface area contributed by atoms with Gasteiger partial charge in [-0.1, -0.05) is 41.9 Å². The standard InChI is InChI=1S/C31H24ClFN4O4/c1-3-12-41-17-27(20-6-4-19(15-34)5-7-20)37-30(39)24-13-21(29(38)26-16-36(2)18-35-26)14-25(33)28(24)31(37,40)22-8-10-23(32)11-9-22/h3-11,13-14,16,18,27,40H,1,12,17H2,2H3/t27-,31?/m0/s1. The van der Waals surface area contributed by atoms with Crippen LogP contribution in [0.4, 0.5) is 4.39 Å². The molecule has 0 fully saturated rings. The van der Waals surface area contributed by atoms with Gasteiger partial charge < -0.3 is 14.4 Å². The lowest BCUT2D eigenvalue weighted by molar-refractivity contribution is -0.0857. The van der Waals surface area contributed by atoms with Crippen LogP contribution in [0.1, 0.15) is 54.7 Å². The SMILES string of the molecule is C=CCOC[C@@H](c1ccc(C#N)cc1)N1C(=O)c2cc(C(=O)c3cn(C)cn3)cc(F)c2C1(O)c1ccc(Cl)cc1. The van der Waals surface area contributed by atoms with E-state index < -0.39 is 29.3 Å². The number of aryl methyl sites for hydroxylation is 1. The Balaban J connectivity index is 1.71. The molecule has 4 aromatic rings. The maximum Gasteiger partial charge on any atom is 0.257 e. The van der Waals surface area contributed by atoms with Crippen molar-refractivity contribution in [3.05, 3.63) is 136 Å². The number of ketones is 1. The van der Waals surface area contributed by atoms with Crippen LogP contribution >= 0.6 is 11.6 Å². The molecule has 0 bridgehead atoms. The van der Waals surface area contributed by atoms with Gasteiger partial charge in [-0.25, -0.2) is 9.37 Å². The summed E-state index contributed by atoms with van der Waals surface area (Å²) in [6, 6.07) is 15.9. The van der Waals surface area contributed by atoms with Crippen LogP contribution in [0.2, 0.25) is 5.02 Å². The van der Waals surface area contributed by atoms with Crippen molar-refractivity contribution in [1.82, 2.24) is 14.5 Å². The van der Waals surface area contributed by atoms with Crippen LogP contribution in [-0.2, 0) is 17.5 Å². The largest absolute Gasteiger partial charge is 0.375 e. The fourth-order valence-corrected chi connectivity index (χ4v) is 5.16. The highest BCUT2D eigenvalue weighted by atomic mass is 35.5. The first kappa shape index (κ1) is 27.9. The summed E-state index contributed by atoms with van der Waals surface area (Å²) in [5, 5.41) is 22.1. The van der Waals surface area contributed by atoms with Crippen molar-refractivity contribution in [2.45, 2.75) is 11.8 Å². The van der Waals surface area contributed by atoms with Gasteiger partial charge in [-0.2, -0.15) is 5.26 Å². The molecule has 3 aromatic carbocycles. The average Bonchev–Trinajstić information content (AvgIpc) is 3.50. The molecule has 1 unspecified atom stereocenters. The van der Waals surface area contributed by atoms with Crippen molar-refractivity contribution < 1.29 is 23.8 Å². The molecule has 8 nitrogen and oxygen atoms in total. The lowest BCUT2D eigenvalue weighted by Crippen LogP contribution is -2.48. The second-order valence-electron chi connectivity index (χ2n) is 9.56. The first-order chi connectivity index (χ1) is 19.7. The predicted octanol–water partition coefficient (Wildman–Crippen LogP) is 4.91. The van der Waals surface area contributed by atoms with E-state index in [2.05, 4.69) is 11.6 Å². The normalized spacial score (nSPS) is 16.8. The molecule has 0 aliphatic carbocycles. The molecule has 10 heteroatoms. The van der Waals surface area contributed by atoms with E-state index in [1.54, 1.807) is 35.9 Å². The second-order valence-corrected chi connectivity index (χ2v) is 10.0. The predicted molar refractivity (Wildman–Crippen MR) is 149 cm³/mol. The van der Waals surface area contributed by atoms with E-state index in [1.165, 1.54) is 48.9 Å². The van der Waals surface area contributed by atoms with Crippen LogP contribution in [0.25, 0.3) is 0 Å². The summed E-state index contributed by atoms with van der Waals surface area (Å²) < 4.78 is 23.4. The molecule has 5 rings (SSSR count). The maximum absolute atomic E-state index is 16.1. The highest BCUT2D eigenvalue weighted by molar-refractivity contribution is 6.30. The molecular formula is C31H24ClFN4O4. The Morgan fingerprint density at radius 2 is 1.95 bits per heavy atom. The lowest BCUT2D eigenvalue weighted by atomic mass is 9.90. The molecule has 0 saturated heterocycles. The van der Waals surface area contributed by atoms with E-state index in [0.717, 1.165) is 11.0 Å². The number of aliphatic hydroxyl groups is 1. The molecule has 1 amide bonds. The van der Waals surface area contributed by atoms with Crippen LogP contribution in [0, 0.1) is 17.1 Å². The smallest absolute Gasteiger partial charge is 0.257 e. The van der Waals surface area contributed by atoms with Crippen molar-refractivity contribution in [2.24, 2.45) is 7.05 Å². The number of rotatable bonds is 9. The van der Waals surface area contributed by atoms with Gasteiger partial charge in [0.05, 0.1) is 48.3 Å². The number of ether oxygens (including phenoxy) is 1. The quantitative estimate of drug-likeness (QED) is 0.174. The van der Waals surface area contributed by atoms with Crippen LogP contribution < -0.4 is 0 Å². The summed E-state index contributed by atoms with van der Waals surface area (Å²) in [7, 11) is 1.69. The van der Waals surface area contributed by atoms with Gasteiger partial charge in [0, 0.05) is 29.4 Å². The lowest BCUT2D eigenvalue weighted by Gasteiger charge is -2.40. The molecule has 206 valence electrons. The van der Waals surface area contributed by atoms with Gasteiger partial charge in [-0.05, 0) is 42.0 Å². The summed E-state index contributed by atoms with van der Waals surface area (Å²) in [5.41, 5.74) is -1.68. The van der Waals surface area contributed by atoms with E-state index >= 15 is 4.39 Å². The molecule has 0 saturated carbocycles. The van der Waals surface area contributed by atoms with Gasteiger partial charge in [-0.15, -0.1) is 6.58 Å². The second kappa shape index (κ2) is 11.1. The molecule has 2 heterocycles. The fourth-order valence-electron chi connectivity index (χ4n) is 5.03. The summed E-state index contributed by atoms with van der Waals surface area (Å²) in [5.74, 6) is -2.24. The number of carbonyl (C=O) groups is 2. The highest BCUT2D eigenvalue weighted by Gasteiger charge is 2.55. The topological polar surface area (TPSA) is 108 Å². The molecular weight excluding hydrogens is 547 g/mol. The Morgan fingerprint density at radius 1 is 1.24 bits per heavy atom. The summed E-state index contributed by atoms with van der Waals surface area (Å²) in [6.07, 6.45) is 4.47. The highest BCUT2D eigenvalue weighted by Crippen LogP contribution is 2.48. The maximum atomic E-state index is 16.1. The molecule has 1 aliphatic heterocycles. The van der Waals surface area contributed by atoms with E-state index in [0.29, 0.717) is 16.1 Å². The number of benzene rings is 3. The van der Waals surface area contributed by atoms with Gasteiger partial charge in [0.25, 0.3) is 5.91 Å². The molecule has 0 radical (unpaired) electrons. The fraction of sp³-hybridized carbons (Fsp3) is 0.161. The Morgan fingerprint density at radius 3 is 2.56 bits per heavy atom. The van der Waals surface area contributed by atoms with Gasteiger partial charge in [-0.3, -0.25) is 14.5 Å². The Labute approximate surface area is 240 Å². The third-order valence-corrected chi connectivity index (χ3v) is 7.18. The third-order valence-electron chi connectivity index (χ3n) is 6.93. The average molecular weight is 571 g/mol. The first-order valence-corrected chi connectivity index (χ1v) is 12.9. The zero-order valence-corrected chi connectivity index (χ0v) is 22.7. The van der Waals surface area contributed by atoms with Gasteiger partial charge in [0.1, 0.15) is 11.5 Å². The van der Waals surface area contributed by atoms with Crippen LogP contribution in [-0.4, -0.2) is 44.5 Å². The molecule has 41 heavy (non-hydrogen) atoms. The van der Waals surface area contributed by atoms with Crippen molar-refractivity contribution >= 4 is 23.3 Å². The molecule has 0 spiro atoms. The summed E-state index contributed by atoms with van der Waals surface area (Å²) in [6.45, 7) is 3.72. The van der Waals surface area contributed by atoms with Crippen molar-refractivity contribution in [3.8, 4) is 6.07 Å². The number of carbonyl (C=O) groups excluding carboxylic acids is 2. The number of fused-ring (bicyclic) bond motifs is 1. The third kappa shape index (κ3) is 4.93. The van der Waals surface area contributed by atoms with E-state index in [9.17, 15) is 20.0 Å². The molecule has 1 N–H and O–H groups in total. The minimum atomic E-state index is -2.30. The van der Waals surface area contributed by atoms with Crippen molar-refractivity contribution in [3.63, 3.8) is 0 Å². The van der Waals surface area contributed by atoms with Crippen molar-refractivity contribution in [1.29, 1.82) is 5.26 Å². The number of hydrogen-bond donors (Lipinski definition) is 1. The van der Waals surface area contributed by atoms with E-state index in [-0.39, 0.29) is 41.2 Å². The summed E-state index contributed by atoms with van der Waals surface area (Å²) >= 11 is 6.11. The molecule has 1 aliphatic rings. The van der Waals surface area contributed by atoms with Crippen LogP contribution in [0.15, 0.2) is 85.8 Å². The zero-order valence-electron chi connectivity index (χ0n) is 21.9. The van der Waals surface area contributed by atoms with E-state index in [4.69, 9.17) is 16.3 Å². The number of halogens is 2. The van der Waals surface area contributed by atoms with E-state index in [1.807, 2.05) is 6.07 Å². The minimum absolute atomic E-state index is 0.0791.